The molecular weight excluding hydrogens is 417 g/mol. The molecule has 7 nitrogen and oxygen atoms in total. The van der Waals surface area contributed by atoms with Crippen molar-refractivity contribution in [2.45, 2.75) is 18.3 Å². The van der Waals surface area contributed by atoms with Gasteiger partial charge in [0.25, 0.3) is 11.6 Å². The molecule has 2 rings (SSSR count). The Hall–Kier alpha value is -3.27. The predicted molar refractivity (Wildman–Crippen MR) is 106 cm³/mol. The van der Waals surface area contributed by atoms with Crippen LogP contribution in [0.3, 0.4) is 0 Å². The lowest BCUT2D eigenvalue weighted by Gasteiger charge is -2.34. The Morgan fingerprint density at radius 1 is 0.935 bits per heavy atom. The molecule has 1 amide bonds. The highest BCUT2D eigenvalue weighted by Gasteiger charge is 2.62. The van der Waals surface area contributed by atoms with E-state index in [2.05, 4.69) is 10.1 Å². The van der Waals surface area contributed by atoms with E-state index in [-0.39, 0.29) is 18.5 Å². The summed E-state index contributed by atoms with van der Waals surface area (Å²) in [6, 6.07) is 12.1. The van der Waals surface area contributed by atoms with Gasteiger partial charge >= 0.3 is 12.1 Å². The standard InChI is InChI=1S/C21H23F3N2O5/c1-29-16-10-9-14(13-17(16)30-2)11-12-25-20(19(28)31-3,21(22,23)24)26-18(27)15-7-5-4-6-8-15/h4-10,13,25H,11-12H2,1-3H3,(H,26,27)/t20-/m0/s1. The highest BCUT2D eigenvalue weighted by atomic mass is 19.4. The van der Waals surface area contributed by atoms with E-state index in [1.165, 1.54) is 38.5 Å². The molecule has 2 aromatic carbocycles. The normalized spacial score (nSPS) is 13.1. The Kier molecular flexibility index (Phi) is 7.87. The number of hydrogen-bond acceptors (Lipinski definition) is 6. The maximum atomic E-state index is 14.0. The van der Waals surface area contributed by atoms with Gasteiger partial charge in [0, 0.05) is 12.1 Å². The summed E-state index contributed by atoms with van der Waals surface area (Å²) >= 11 is 0. The van der Waals surface area contributed by atoms with E-state index in [1.54, 1.807) is 29.6 Å². The first-order valence-electron chi connectivity index (χ1n) is 9.17. The van der Waals surface area contributed by atoms with Gasteiger partial charge in [-0.3, -0.25) is 10.1 Å². The van der Waals surface area contributed by atoms with Crippen molar-refractivity contribution in [3.8, 4) is 11.5 Å². The first-order chi connectivity index (χ1) is 14.7. The molecular formula is C21H23F3N2O5. The first kappa shape index (κ1) is 24.0. The van der Waals surface area contributed by atoms with Crippen molar-refractivity contribution in [2.24, 2.45) is 0 Å². The molecule has 0 radical (unpaired) electrons. The topological polar surface area (TPSA) is 85.9 Å². The summed E-state index contributed by atoms with van der Waals surface area (Å²) in [5.74, 6) is -1.89. The van der Waals surface area contributed by atoms with Gasteiger partial charge in [-0.15, -0.1) is 0 Å². The summed E-state index contributed by atoms with van der Waals surface area (Å²) in [7, 11) is 3.71. The monoisotopic (exact) mass is 440 g/mol. The minimum Gasteiger partial charge on any atom is -0.493 e. The van der Waals surface area contributed by atoms with Gasteiger partial charge in [0.2, 0.25) is 0 Å². The van der Waals surface area contributed by atoms with Crippen molar-refractivity contribution in [3.05, 3.63) is 59.7 Å². The molecule has 0 aliphatic carbocycles. The Bertz CT molecular complexity index is 906. The molecule has 0 aromatic heterocycles. The number of nitrogens with one attached hydrogen (secondary N) is 2. The number of methoxy groups -OCH3 is 3. The Morgan fingerprint density at radius 3 is 2.13 bits per heavy atom. The smallest absolute Gasteiger partial charge is 0.436 e. The fourth-order valence-electron chi connectivity index (χ4n) is 2.87. The van der Waals surface area contributed by atoms with Crippen LogP contribution in [0.2, 0.25) is 0 Å². The molecule has 0 spiro atoms. The maximum Gasteiger partial charge on any atom is 0.436 e. The SMILES string of the molecule is COC(=O)[C@](NCCc1ccc(OC)c(OC)c1)(NC(=O)c1ccccc1)C(F)(F)F. The second-order valence-electron chi connectivity index (χ2n) is 6.43. The number of alkyl halides is 3. The van der Waals surface area contributed by atoms with Crippen molar-refractivity contribution >= 4 is 11.9 Å². The summed E-state index contributed by atoms with van der Waals surface area (Å²) in [5.41, 5.74) is -2.84. The third kappa shape index (κ3) is 5.46. The first-order valence-corrected chi connectivity index (χ1v) is 9.17. The number of amides is 1. The number of carbonyl (C=O) groups is 2. The van der Waals surface area contributed by atoms with Gasteiger partial charge in [-0.1, -0.05) is 24.3 Å². The lowest BCUT2D eigenvalue weighted by molar-refractivity contribution is -0.217. The molecule has 2 aromatic rings. The van der Waals surface area contributed by atoms with Crippen molar-refractivity contribution < 1.29 is 37.0 Å². The number of ether oxygens (including phenoxy) is 3. The van der Waals surface area contributed by atoms with E-state index in [0.717, 1.165) is 7.11 Å². The van der Waals surface area contributed by atoms with Crippen LogP contribution in [0.1, 0.15) is 15.9 Å². The average Bonchev–Trinajstić information content (AvgIpc) is 2.77. The molecule has 0 unspecified atom stereocenters. The van der Waals surface area contributed by atoms with Gasteiger partial charge in [-0.05, 0) is 36.2 Å². The van der Waals surface area contributed by atoms with Crippen molar-refractivity contribution in [1.29, 1.82) is 0 Å². The zero-order chi connectivity index (χ0) is 23.1. The van der Waals surface area contributed by atoms with E-state index in [9.17, 15) is 22.8 Å². The van der Waals surface area contributed by atoms with E-state index in [0.29, 0.717) is 17.1 Å². The fourth-order valence-corrected chi connectivity index (χ4v) is 2.87. The molecule has 168 valence electrons. The molecule has 2 N–H and O–H groups in total. The Balaban J connectivity index is 2.26. The Morgan fingerprint density at radius 2 is 1.58 bits per heavy atom. The minimum absolute atomic E-state index is 0.0401. The highest BCUT2D eigenvalue weighted by Crippen LogP contribution is 2.31. The summed E-state index contributed by atoms with van der Waals surface area (Å²) < 4.78 is 56.7. The summed E-state index contributed by atoms with van der Waals surface area (Å²) in [5, 5.41) is 3.91. The summed E-state index contributed by atoms with van der Waals surface area (Å²) in [4.78, 5) is 24.6. The minimum atomic E-state index is -5.18. The average molecular weight is 440 g/mol. The van der Waals surface area contributed by atoms with Crippen LogP contribution in [-0.4, -0.2) is 51.6 Å². The van der Waals surface area contributed by atoms with Crippen LogP contribution in [0.5, 0.6) is 11.5 Å². The van der Waals surface area contributed by atoms with Gasteiger partial charge < -0.3 is 19.5 Å². The van der Waals surface area contributed by atoms with Crippen LogP contribution in [0, 0.1) is 0 Å². The zero-order valence-corrected chi connectivity index (χ0v) is 17.2. The van der Waals surface area contributed by atoms with Crippen LogP contribution in [0.25, 0.3) is 0 Å². The maximum absolute atomic E-state index is 14.0. The molecule has 0 saturated carbocycles. The summed E-state index contributed by atoms with van der Waals surface area (Å²) in [6.45, 7) is -0.306. The van der Waals surface area contributed by atoms with Gasteiger partial charge in [0.1, 0.15) is 0 Å². The number of esters is 1. The van der Waals surface area contributed by atoms with Crippen molar-refractivity contribution in [3.63, 3.8) is 0 Å². The zero-order valence-electron chi connectivity index (χ0n) is 17.2. The third-order valence-corrected chi connectivity index (χ3v) is 4.51. The largest absolute Gasteiger partial charge is 0.493 e. The van der Waals surface area contributed by atoms with E-state index in [1.807, 2.05) is 0 Å². The van der Waals surface area contributed by atoms with E-state index < -0.39 is 23.7 Å². The Labute approximate surface area is 177 Å². The van der Waals surface area contributed by atoms with Crippen LogP contribution in [0.4, 0.5) is 13.2 Å². The van der Waals surface area contributed by atoms with Gasteiger partial charge in [0.05, 0.1) is 21.3 Å². The molecule has 0 heterocycles. The van der Waals surface area contributed by atoms with Gasteiger partial charge in [0.15, 0.2) is 11.5 Å². The van der Waals surface area contributed by atoms with Gasteiger partial charge in [-0.2, -0.15) is 13.2 Å². The highest BCUT2D eigenvalue weighted by molar-refractivity contribution is 5.98. The molecule has 0 aliphatic heterocycles. The van der Waals surface area contributed by atoms with Crippen molar-refractivity contribution in [1.82, 2.24) is 10.6 Å². The molecule has 0 aliphatic rings. The number of halogens is 3. The van der Waals surface area contributed by atoms with Gasteiger partial charge in [-0.25, -0.2) is 4.79 Å². The fraction of sp³-hybridized carbons (Fsp3) is 0.333. The number of carbonyl (C=O) groups excluding carboxylic acids is 2. The molecule has 1 atom stereocenters. The number of benzene rings is 2. The molecule has 0 saturated heterocycles. The molecule has 31 heavy (non-hydrogen) atoms. The van der Waals surface area contributed by atoms with E-state index in [4.69, 9.17) is 9.47 Å². The lowest BCUT2D eigenvalue weighted by Crippen LogP contribution is -2.72. The van der Waals surface area contributed by atoms with Crippen LogP contribution in [0.15, 0.2) is 48.5 Å². The van der Waals surface area contributed by atoms with Crippen LogP contribution in [-0.2, 0) is 16.0 Å². The molecule has 0 bridgehead atoms. The third-order valence-electron chi connectivity index (χ3n) is 4.51. The van der Waals surface area contributed by atoms with E-state index >= 15 is 0 Å². The van der Waals surface area contributed by atoms with Crippen LogP contribution >= 0.6 is 0 Å². The lowest BCUT2D eigenvalue weighted by atomic mass is 10.1. The van der Waals surface area contributed by atoms with Crippen LogP contribution < -0.4 is 20.1 Å². The number of rotatable bonds is 9. The second kappa shape index (κ2) is 10.2. The molecule has 0 fully saturated rings. The predicted octanol–water partition coefficient (Wildman–Crippen LogP) is 2.70. The second-order valence-corrected chi connectivity index (χ2v) is 6.43. The number of hydrogen-bond donors (Lipinski definition) is 2. The molecule has 10 heteroatoms. The summed E-state index contributed by atoms with van der Waals surface area (Å²) in [6.07, 6.45) is -5.08. The van der Waals surface area contributed by atoms with Crippen molar-refractivity contribution in [2.75, 3.05) is 27.9 Å². The quantitative estimate of drug-likeness (QED) is 0.461.